The molecule has 1 aliphatic rings. The highest BCUT2D eigenvalue weighted by atomic mass is 32.1. The molecular formula is C23H20N4OS. The summed E-state index contributed by atoms with van der Waals surface area (Å²) >= 11 is 1.78. The van der Waals surface area contributed by atoms with Crippen LogP contribution in [-0.4, -0.2) is 32.1 Å². The SMILES string of the molecule is C[C@@H]1c2ccsc2CCN1C(=O)c1cn(-c2ccccc2)nc1-c1cccnc1. The summed E-state index contributed by atoms with van der Waals surface area (Å²) in [6.07, 6.45) is 6.23. The van der Waals surface area contributed by atoms with Crippen molar-refractivity contribution in [1.82, 2.24) is 19.7 Å². The van der Waals surface area contributed by atoms with E-state index in [0.717, 1.165) is 24.2 Å². The van der Waals surface area contributed by atoms with Gasteiger partial charge in [-0.25, -0.2) is 4.68 Å². The van der Waals surface area contributed by atoms with Gasteiger partial charge >= 0.3 is 0 Å². The quantitative estimate of drug-likeness (QED) is 0.498. The maximum absolute atomic E-state index is 13.6. The van der Waals surface area contributed by atoms with Crippen molar-refractivity contribution in [3.05, 3.63) is 88.5 Å². The number of pyridine rings is 1. The van der Waals surface area contributed by atoms with E-state index in [4.69, 9.17) is 5.10 Å². The van der Waals surface area contributed by atoms with Crippen LogP contribution in [0.1, 0.15) is 33.8 Å². The highest BCUT2D eigenvalue weighted by Crippen LogP contribution is 2.35. The van der Waals surface area contributed by atoms with Gasteiger partial charge in [0.25, 0.3) is 5.91 Å². The molecule has 0 N–H and O–H groups in total. The fourth-order valence-corrected chi connectivity index (χ4v) is 4.86. The fraction of sp³-hybridized carbons (Fsp3) is 0.174. The van der Waals surface area contributed by atoms with Gasteiger partial charge in [-0.15, -0.1) is 11.3 Å². The molecule has 1 aromatic carbocycles. The Hall–Kier alpha value is -3.25. The van der Waals surface area contributed by atoms with Crippen LogP contribution in [0.2, 0.25) is 0 Å². The molecule has 4 heterocycles. The summed E-state index contributed by atoms with van der Waals surface area (Å²) < 4.78 is 1.78. The molecule has 5 rings (SSSR count). The van der Waals surface area contributed by atoms with Gasteiger partial charge in [-0.2, -0.15) is 5.10 Å². The third kappa shape index (κ3) is 3.15. The first kappa shape index (κ1) is 17.8. The number of rotatable bonds is 3. The van der Waals surface area contributed by atoms with E-state index in [1.165, 1.54) is 10.4 Å². The Balaban J connectivity index is 1.58. The zero-order valence-electron chi connectivity index (χ0n) is 16.0. The first-order chi connectivity index (χ1) is 14.2. The smallest absolute Gasteiger partial charge is 0.258 e. The summed E-state index contributed by atoms with van der Waals surface area (Å²) in [7, 11) is 0. The highest BCUT2D eigenvalue weighted by molar-refractivity contribution is 7.10. The fourth-order valence-electron chi connectivity index (χ4n) is 3.90. The predicted molar refractivity (Wildman–Crippen MR) is 114 cm³/mol. The van der Waals surface area contributed by atoms with Crippen LogP contribution in [0.5, 0.6) is 0 Å². The second kappa shape index (κ2) is 7.29. The van der Waals surface area contributed by atoms with Gasteiger partial charge in [0.15, 0.2) is 0 Å². The Bertz CT molecular complexity index is 1150. The largest absolute Gasteiger partial charge is 0.331 e. The molecule has 3 aromatic heterocycles. The number of carbonyl (C=O) groups excluding carboxylic acids is 1. The highest BCUT2D eigenvalue weighted by Gasteiger charge is 2.31. The van der Waals surface area contributed by atoms with Gasteiger partial charge in [0.2, 0.25) is 0 Å². The molecule has 1 aliphatic heterocycles. The van der Waals surface area contributed by atoms with Crippen LogP contribution in [0.25, 0.3) is 16.9 Å². The Kier molecular flexibility index (Phi) is 4.48. The lowest BCUT2D eigenvalue weighted by Crippen LogP contribution is -2.38. The molecule has 0 saturated carbocycles. The Labute approximate surface area is 173 Å². The lowest BCUT2D eigenvalue weighted by atomic mass is 10.00. The van der Waals surface area contributed by atoms with Crippen molar-refractivity contribution in [2.45, 2.75) is 19.4 Å². The van der Waals surface area contributed by atoms with Crippen LogP contribution in [0.15, 0.2) is 72.5 Å². The number of hydrogen-bond donors (Lipinski definition) is 0. The van der Waals surface area contributed by atoms with Crippen molar-refractivity contribution in [2.24, 2.45) is 0 Å². The summed E-state index contributed by atoms with van der Waals surface area (Å²) in [5.41, 5.74) is 4.28. The number of nitrogens with zero attached hydrogens (tertiary/aromatic N) is 4. The molecule has 4 aromatic rings. The summed E-state index contributed by atoms with van der Waals surface area (Å²) in [5.74, 6) is 0.00961. The van der Waals surface area contributed by atoms with Crippen LogP contribution in [0.3, 0.4) is 0 Å². The number of thiophene rings is 1. The van der Waals surface area contributed by atoms with Gasteiger partial charge in [-0.05, 0) is 54.6 Å². The number of benzene rings is 1. The third-order valence-corrected chi connectivity index (χ3v) is 6.43. The van der Waals surface area contributed by atoms with E-state index < -0.39 is 0 Å². The number of aromatic nitrogens is 3. The van der Waals surface area contributed by atoms with E-state index in [-0.39, 0.29) is 11.9 Å². The number of carbonyl (C=O) groups is 1. The van der Waals surface area contributed by atoms with Crippen LogP contribution < -0.4 is 0 Å². The molecule has 1 amide bonds. The zero-order valence-corrected chi connectivity index (χ0v) is 16.8. The standard InChI is InChI=1S/C23H20N4OS/c1-16-19-10-13-29-21(19)9-12-26(16)23(28)20-15-27(18-7-3-2-4-8-18)25-22(20)17-6-5-11-24-14-17/h2-8,10-11,13-16H,9,12H2,1H3/t16-/m1/s1. The van der Waals surface area contributed by atoms with Gasteiger partial charge in [0.05, 0.1) is 17.3 Å². The van der Waals surface area contributed by atoms with Crippen LogP contribution in [0, 0.1) is 0 Å². The molecule has 0 saturated heterocycles. The molecule has 29 heavy (non-hydrogen) atoms. The summed E-state index contributed by atoms with van der Waals surface area (Å²) in [5, 5.41) is 6.87. The third-order valence-electron chi connectivity index (χ3n) is 5.44. The molecule has 1 atom stereocenters. The van der Waals surface area contributed by atoms with Crippen molar-refractivity contribution in [1.29, 1.82) is 0 Å². The van der Waals surface area contributed by atoms with E-state index in [2.05, 4.69) is 23.4 Å². The first-order valence-electron chi connectivity index (χ1n) is 9.65. The predicted octanol–water partition coefficient (Wildman–Crippen LogP) is 4.76. The average Bonchev–Trinajstić information content (AvgIpc) is 3.43. The van der Waals surface area contributed by atoms with Crippen molar-refractivity contribution in [2.75, 3.05) is 6.54 Å². The molecule has 0 fully saturated rings. The van der Waals surface area contributed by atoms with E-state index in [9.17, 15) is 4.79 Å². The molecular weight excluding hydrogens is 380 g/mol. The minimum Gasteiger partial charge on any atom is -0.331 e. The van der Waals surface area contributed by atoms with Crippen molar-refractivity contribution < 1.29 is 4.79 Å². The molecule has 0 unspecified atom stereocenters. The monoisotopic (exact) mass is 400 g/mol. The van der Waals surface area contributed by atoms with Crippen LogP contribution >= 0.6 is 11.3 Å². The summed E-state index contributed by atoms with van der Waals surface area (Å²) in [6, 6.07) is 15.9. The van der Waals surface area contributed by atoms with E-state index in [0.29, 0.717) is 11.3 Å². The number of fused-ring (bicyclic) bond motifs is 1. The minimum absolute atomic E-state index is 0.00961. The van der Waals surface area contributed by atoms with E-state index in [1.54, 1.807) is 28.4 Å². The minimum atomic E-state index is 0.00961. The molecule has 5 nitrogen and oxygen atoms in total. The van der Waals surface area contributed by atoms with E-state index >= 15 is 0 Å². The zero-order chi connectivity index (χ0) is 19.8. The van der Waals surface area contributed by atoms with Gasteiger partial charge in [-0.3, -0.25) is 9.78 Å². The van der Waals surface area contributed by atoms with Crippen molar-refractivity contribution in [3.8, 4) is 16.9 Å². The Morgan fingerprint density at radius 2 is 2.00 bits per heavy atom. The van der Waals surface area contributed by atoms with Crippen LogP contribution in [-0.2, 0) is 6.42 Å². The van der Waals surface area contributed by atoms with Gasteiger partial charge in [0, 0.05) is 35.6 Å². The topological polar surface area (TPSA) is 51.0 Å². The maximum Gasteiger partial charge on any atom is 0.258 e. The Morgan fingerprint density at radius 3 is 2.79 bits per heavy atom. The number of hydrogen-bond acceptors (Lipinski definition) is 4. The maximum atomic E-state index is 13.6. The van der Waals surface area contributed by atoms with E-state index in [1.807, 2.05) is 53.6 Å². The van der Waals surface area contributed by atoms with Gasteiger partial charge in [0.1, 0.15) is 5.69 Å². The normalized spacial score (nSPS) is 15.9. The molecule has 144 valence electrons. The first-order valence-corrected chi connectivity index (χ1v) is 10.5. The lowest BCUT2D eigenvalue weighted by molar-refractivity contribution is 0.0680. The summed E-state index contributed by atoms with van der Waals surface area (Å²) in [4.78, 5) is 21.2. The Morgan fingerprint density at radius 1 is 1.14 bits per heavy atom. The van der Waals surface area contributed by atoms with Gasteiger partial charge < -0.3 is 4.90 Å². The molecule has 0 spiro atoms. The molecule has 0 radical (unpaired) electrons. The van der Waals surface area contributed by atoms with Crippen molar-refractivity contribution >= 4 is 17.2 Å². The summed E-state index contributed by atoms with van der Waals surface area (Å²) in [6.45, 7) is 2.82. The van der Waals surface area contributed by atoms with Crippen LogP contribution in [0.4, 0.5) is 0 Å². The average molecular weight is 401 g/mol. The number of para-hydroxylation sites is 1. The van der Waals surface area contributed by atoms with Crippen molar-refractivity contribution in [3.63, 3.8) is 0 Å². The molecule has 6 heteroatoms. The van der Waals surface area contributed by atoms with Gasteiger partial charge in [-0.1, -0.05) is 18.2 Å². The molecule has 0 bridgehead atoms. The number of amides is 1. The lowest BCUT2D eigenvalue weighted by Gasteiger charge is -2.33. The second-order valence-electron chi connectivity index (χ2n) is 7.14. The molecule has 0 aliphatic carbocycles. The second-order valence-corrected chi connectivity index (χ2v) is 8.14.